The molecule has 3 fully saturated rings. The summed E-state index contributed by atoms with van der Waals surface area (Å²) in [6, 6.07) is 5.70. The monoisotopic (exact) mass is 545 g/mol. The van der Waals surface area contributed by atoms with Crippen LogP contribution in [0.3, 0.4) is 0 Å². The number of rotatable bonds is 7. The molecular weight excluding hydrogens is 506 g/mol. The van der Waals surface area contributed by atoms with Crippen LogP contribution >= 0.6 is 15.9 Å². The van der Waals surface area contributed by atoms with Crippen LogP contribution < -0.4 is 16.9 Å². The number of hydrogen-bond donors (Lipinski definition) is 3. The Kier molecular flexibility index (Phi) is 6.56. The molecule has 5 N–H and O–H groups in total. The van der Waals surface area contributed by atoms with Crippen molar-refractivity contribution in [1.82, 2.24) is 15.2 Å². The van der Waals surface area contributed by atoms with Crippen LogP contribution in [0.4, 0.5) is 0 Å². The summed E-state index contributed by atoms with van der Waals surface area (Å²) in [7, 11) is 0. The van der Waals surface area contributed by atoms with Gasteiger partial charge in [-0.15, -0.1) is 0 Å². The van der Waals surface area contributed by atoms with Gasteiger partial charge in [0.15, 0.2) is 0 Å². The van der Waals surface area contributed by atoms with Gasteiger partial charge in [0, 0.05) is 35.1 Å². The van der Waals surface area contributed by atoms with E-state index in [1.54, 1.807) is 9.91 Å². The minimum Gasteiger partial charge on any atom is -0.351 e. The fourth-order valence-electron chi connectivity index (χ4n) is 6.58. The molecule has 1 aromatic carbocycles. The zero-order valence-electron chi connectivity index (χ0n) is 21.2. The van der Waals surface area contributed by atoms with Crippen LogP contribution in [-0.2, 0) is 21.4 Å². The predicted octanol–water partition coefficient (Wildman–Crippen LogP) is 2.84. The predicted molar refractivity (Wildman–Crippen MR) is 140 cm³/mol. The summed E-state index contributed by atoms with van der Waals surface area (Å²) in [5.41, 5.74) is 8.80. The SMILES string of the molecule is CC(C)(C)[C@@H](C(=O)N1CCC[C@H]1C(=O)NC1CC12CCc1cc(Br)ccc12)N(N)CC(N)C1CC1. The van der Waals surface area contributed by atoms with Crippen molar-refractivity contribution in [2.45, 2.75) is 95.3 Å². The molecule has 7 nitrogen and oxygen atoms in total. The molecule has 35 heavy (non-hydrogen) atoms. The number of carbonyl (C=O) groups excluding carboxylic acids is 2. The largest absolute Gasteiger partial charge is 0.351 e. The van der Waals surface area contributed by atoms with Gasteiger partial charge in [-0.3, -0.25) is 15.4 Å². The molecule has 4 aliphatic rings. The van der Waals surface area contributed by atoms with Crippen molar-refractivity contribution in [2.75, 3.05) is 13.1 Å². The Bertz CT molecular complexity index is 1010. The minimum absolute atomic E-state index is 0.0173. The first-order chi connectivity index (χ1) is 16.5. The molecule has 5 atom stereocenters. The summed E-state index contributed by atoms with van der Waals surface area (Å²) >= 11 is 3.58. The minimum atomic E-state index is -0.520. The van der Waals surface area contributed by atoms with E-state index in [0.29, 0.717) is 25.4 Å². The Balaban J connectivity index is 1.26. The summed E-state index contributed by atoms with van der Waals surface area (Å²) in [6.45, 7) is 7.19. The van der Waals surface area contributed by atoms with E-state index >= 15 is 0 Å². The summed E-state index contributed by atoms with van der Waals surface area (Å²) in [6.07, 6.45) is 6.92. The van der Waals surface area contributed by atoms with Gasteiger partial charge in [-0.2, -0.15) is 0 Å². The number of amides is 2. The molecule has 0 bridgehead atoms. The number of aryl methyl sites for hydroxylation is 1. The molecule has 2 amide bonds. The van der Waals surface area contributed by atoms with Crippen LogP contribution in [0.5, 0.6) is 0 Å². The number of halogens is 1. The fraction of sp³-hybridized carbons (Fsp3) is 0.704. The summed E-state index contributed by atoms with van der Waals surface area (Å²) in [5, 5.41) is 4.96. The van der Waals surface area contributed by atoms with Crippen LogP contribution in [0.2, 0.25) is 0 Å². The summed E-state index contributed by atoms with van der Waals surface area (Å²) in [5.74, 6) is 6.92. The first-order valence-corrected chi connectivity index (χ1v) is 14.0. The molecule has 192 valence electrons. The van der Waals surface area contributed by atoms with Gasteiger partial charge >= 0.3 is 0 Å². The van der Waals surface area contributed by atoms with Gasteiger partial charge in [0.25, 0.3) is 0 Å². The van der Waals surface area contributed by atoms with Gasteiger partial charge in [-0.25, -0.2) is 5.01 Å². The van der Waals surface area contributed by atoms with Crippen LogP contribution in [0.1, 0.15) is 70.4 Å². The van der Waals surface area contributed by atoms with Crippen molar-refractivity contribution >= 4 is 27.7 Å². The van der Waals surface area contributed by atoms with Gasteiger partial charge in [-0.05, 0) is 79.5 Å². The lowest BCUT2D eigenvalue weighted by molar-refractivity contribution is -0.146. The normalized spacial score (nSPS) is 29.4. The van der Waals surface area contributed by atoms with Crippen molar-refractivity contribution in [1.29, 1.82) is 0 Å². The number of hydrazine groups is 1. The molecule has 0 radical (unpaired) electrons. The number of likely N-dealkylation sites (tertiary alicyclic amines) is 1. The van der Waals surface area contributed by atoms with Crippen molar-refractivity contribution < 1.29 is 9.59 Å². The molecule has 8 heteroatoms. The smallest absolute Gasteiger partial charge is 0.243 e. The Morgan fingerprint density at radius 2 is 2.03 bits per heavy atom. The molecule has 3 aliphatic carbocycles. The van der Waals surface area contributed by atoms with E-state index in [1.807, 2.05) is 20.8 Å². The highest BCUT2D eigenvalue weighted by Gasteiger charge is 2.59. The Morgan fingerprint density at radius 3 is 2.71 bits per heavy atom. The van der Waals surface area contributed by atoms with Crippen molar-refractivity contribution in [3.8, 4) is 0 Å². The third-order valence-electron chi connectivity index (χ3n) is 8.71. The number of hydrogen-bond acceptors (Lipinski definition) is 5. The van der Waals surface area contributed by atoms with Gasteiger partial charge < -0.3 is 16.0 Å². The van der Waals surface area contributed by atoms with Crippen LogP contribution in [-0.4, -0.2) is 59.0 Å². The highest BCUT2D eigenvalue weighted by atomic mass is 79.9. The topological polar surface area (TPSA) is 105 Å². The van der Waals surface area contributed by atoms with Crippen LogP contribution in [0.25, 0.3) is 0 Å². The lowest BCUT2D eigenvalue weighted by atomic mass is 9.85. The molecule has 1 heterocycles. The van der Waals surface area contributed by atoms with E-state index < -0.39 is 12.1 Å². The Hall–Kier alpha value is -1.48. The van der Waals surface area contributed by atoms with Gasteiger partial charge in [-0.1, -0.05) is 42.8 Å². The maximum atomic E-state index is 13.8. The number of carbonyl (C=O) groups is 2. The standard InChI is InChI=1S/C27H40BrN5O2/c1-26(2,3)23(33(30)15-20(29)16-6-7-16)25(35)32-12-4-5-21(32)24(34)31-22-14-27(22)11-10-17-13-18(28)8-9-19(17)27/h8-9,13,16,20-23H,4-7,10-12,14-15,29-30H2,1-3H3,(H,31,34)/t20?,21-,22?,23+,27?/m0/s1. The highest BCUT2D eigenvalue weighted by molar-refractivity contribution is 9.10. The van der Waals surface area contributed by atoms with Gasteiger partial charge in [0.1, 0.15) is 12.1 Å². The second kappa shape index (κ2) is 9.12. The van der Waals surface area contributed by atoms with Crippen molar-refractivity contribution in [3.63, 3.8) is 0 Å². The average Bonchev–Trinajstić information content (AvgIpc) is 3.64. The molecule has 1 aliphatic heterocycles. The maximum absolute atomic E-state index is 13.8. The van der Waals surface area contributed by atoms with E-state index in [1.165, 1.54) is 11.1 Å². The van der Waals surface area contributed by atoms with E-state index in [0.717, 1.165) is 43.0 Å². The molecule has 2 saturated carbocycles. The second-order valence-corrected chi connectivity index (χ2v) is 13.3. The zero-order chi connectivity index (χ0) is 25.1. The maximum Gasteiger partial charge on any atom is 0.243 e. The first kappa shape index (κ1) is 25.2. The third kappa shape index (κ3) is 4.79. The van der Waals surface area contributed by atoms with Gasteiger partial charge in [0.2, 0.25) is 11.8 Å². The first-order valence-electron chi connectivity index (χ1n) is 13.2. The second-order valence-electron chi connectivity index (χ2n) is 12.4. The molecule has 1 aromatic rings. The number of nitrogens with two attached hydrogens (primary N) is 2. The lowest BCUT2D eigenvalue weighted by Crippen LogP contribution is -2.61. The number of nitrogens with zero attached hydrogens (tertiary/aromatic N) is 2. The highest BCUT2D eigenvalue weighted by Crippen LogP contribution is 2.57. The number of benzene rings is 1. The molecule has 1 spiro atoms. The average molecular weight is 547 g/mol. The van der Waals surface area contributed by atoms with Crippen molar-refractivity contribution in [3.05, 3.63) is 33.8 Å². The summed E-state index contributed by atoms with van der Waals surface area (Å²) in [4.78, 5) is 29.1. The molecule has 3 unspecified atom stereocenters. The quantitative estimate of drug-likeness (QED) is 0.361. The number of fused-ring (bicyclic) bond motifs is 2. The summed E-state index contributed by atoms with van der Waals surface area (Å²) < 4.78 is 1.11. The number of nitrogens with one attached hydrogen (secondary N) is 1. The van der Waals surface area contributed by atoms with Gasteiger partial charge in [0.05, 0.1) is 0 Å². The van der Waals surface area contributed by atoms with E-state index in [9.17, 15) is 9.59 Å². The van der Waals surface area contributed by atoms with E-state index in [4.69, 9.17) is 11.6 Å². The fourth-order valence-corrected chi connectivity index (χ4v) is 6.98. The third-order valence-corrected chi connectivity index (χ3v) is 9.20. The van der Waals surface area contributed by atoms with Crippen molar-refractivity contribution in [2.24, 2.45) is 22.9 Å². The Morgan fingerprint density at radius 1 is 1.29 bits per heavy atom. The molecule has 5 rings (SSSR count). The zero-order valence-corrected chi connectivity index (χ0v) is 22.8. The van der Waals surface area contributed by atoms with E-state index in [2.05, 4.69) is 39.4 Å². The molecule has 1 saturated heterocycles. The molecular formula is C27H40BrN5O2. The molecule has 0 aromatic heterocycles. The Labute approximate surface area is 217 Å². The lowest BCUT2D eigenvalue weighted by Gasteiger charge is -2.40. The van der Waals surface area contributed by atoms with Crippen LogP contribution in [0.15, 0.2) is 22.7 Å². The van der Waals surface area contributed by atoms with E-state index in [-0.39, 0.29) is 34.7 Å². The van der Waals surface area contributed by atoms with Crippen LogP contribution in [0, 0.1) is 11.3 Å².